The highest BCUT2D eigenvalue weighted by atomic mass is 35.5. The summed E-state index contributed by atoms with van der Waals surface area (Å²) in [6.45, 7) is 1.86. The van der Waals surface area contributed by atoms with Crippen LogP contribution in [-0.2, 0) is 9.59 Å². The molecule has 1 aliphatic heterocycles. The highest BCUT2D eigenvalue weighted by Crippen LogP contribution is 2.26. The molecule has 0 aliphatic carbocycles. The molecule has 1 N–H and O–H groups in total. The summed E-state index contributed by atoms with van der Waals surface area (Å²) in [5.74, 6) is -1.03. The molecular weight excluding hydrogens is 346 g/mol. The second-order valence-electron chi connectivity index (χ2n) is 5.17. The molecule has 1 saturated heterocycles. The molecule has 0 saturated carbocycles. The van der Waals surface area contributed by atoms with E-state index in [1.165, 1.54) is 11.0 Å². The molecule has 1 fully saturated rings. The number of carbonyl (C=O) groups excluding carboxylic acids is 2. The number of aromatic nitrogens is 1. The van der Waals surface area contributed by atoms with Crippen molar-refractivity contribution in [3.63, 3.8) is 0 Å². The lowest BCUT2D eigenvalue weighted by Gasteiger charge is -2.29. The number of rotatable bonds is 2. The third kappa shape index (κ3) is 3.06. The average molecular weight is 358 g/mol. The van der Waals surface area contributed by atoms with Gasteiger partial charge in [0.05, 0.1) is 5.69 Å². The van der Waals surface area contributed by atoms with Gasteiger partial charge in [-0.25, -0.2) is 0 Å². The van der Waals surface area contributed by atoms with Crippen molar-refractivity contribution in [3.8, 4) is 0 Å². The summed E-state index contributed by atoms with van der Waals surface area (Å²) < 4.78 is 0. The van der Waals surface area contributed by atoms with E-state index >= 15 is 0 Å². The van der Waals surface area contributed by atoms with Crippen LogP contribution in [0.5, 0.6) is 0 Å². The molecule has 2 heterocycles. The highest BCUT2D eigenvalue weighted by molar-refractivity contribution is 7.80. The Morgan fingerprint density at radius 2 is 1.92 bits per heavy atom. The number of aryl methyl sites for hydroxylation is 1. The second-order valence-corrected chi connectivity index (χ2v) is 5.97. The van der Waals surface area contributed by atoms with Crippen LogP contribution in [-0.4, -0.2) is 21.9 Å². The largest absolute Gasteiger partial charge is 0.298 e. The number of halogens is 1. The van der Waals surface area contributed by atoms with Gasteiger partial charge in [-0.15, -0.1) is 0 Å². The molecule has 0 unspecified atom stereocenters. The van der Waals surface area contributed by atoms with Crippen molar-refractivity contribution < 1.29 is 9.59 Å². The van der Waals surface area contributed by atoms with E-state index in [-0.39, 0.29) is 10.7 Å². The molecule has 1 aromatic heterocycles. The van der Waals surface area contributed by atoms with E-state index in [0.29, 0.717) is 16.3 Å². The van der Waals surface area contributed by atoms with Gasteiger partial charge >= 0.3 is 0 Å². The molecule has 2 amide bonds. The van der Waals surface area contributed by atoms with Crippen LogP contribution in [0.3, 0.4) is 0 Å². The fourth-order valence-corrected chi connectivity index (χ4v) is 2.69. The molecular formula is C17H12ClN3O2S. The number of nitrogens with one attached hydrogen (secondary N) is 1. The summed E-state index contributed by atoms with van der Waals surface area (Å²) in [6.07, 6.45) is 4.67. The molecule has 0 bridgehead atoms. The van der Waals surface area contributed by atoms with Crippen molar-refractivity contribution in [2.24, 2.45) is 0 Å². The highest BCUT2D eigenvalue weighted by Gasteiger charge is 2.34. The van der Waals surface area contributed by atoms with Gasteiger partial charge in [0.2, 0.25) is 0 Å². The topological polar surface area (TPSA) is 62.3 Å². The summed E-state index contributed by atoms with van der Waals surface area (Å²) in [7, 11) is 0. The van der Waals surface area contributed by atoms with Crippen molar-refractivity contribution in [3.05, 3.63) is 64.4 Å². The maximum Gasteiger partial charge on any atom is 0.270 e. The van der Waals surface area contributed by atoms with Gasteiger partial charge in [-0.1, -0.05) is 17.7 Å². The van der Waals surface area contributed by atoms with Crippen LogP contribution >= 0.6 is 23.8 Å². The Bertz CT molecular complexity index is 881. The summed E-state index contributed by atoms with van der Waals surface area (Å²) in [5, 5.41) is 3.07. The van der Waals surface area contributed by atoms with E-state index in [0.717, 1.165) is 5.56 Å². The molecule has 120 valence electrons. The average Bonchev–Trinajstić information content (AvgIpc) is 2.55. The molecule has 0 atom stereocenters. The van der Waals surface area contributed by atoms with Crippen LogP contribution in [0.2, 0.25) is 5.02 Å². The first-order valence-corrected chi connectivity index (χ1v) is 7.83. The van der Waals surface area contributed by atoms with Gasteiger partial charge in [0, 0.05) is 17.4 Å². The van der Waals surface area contributed by atoms with Gasteiger partial charge < -0.3 is 0 Å². The Morgan fingerprint density at radius 1 is 1.21 bits per heavy atom. The van der Waals surface area contributed by atoms with Crippen LogP contribution in [0, 0.1) is 6.92 Å². The summed E-state index contributed by atoms with van der Waals surface area (Å²) in [6, 6.07) is 8.56. The standard InChI is InChI=1S/C17H12ClN3O2S/c1-10-2-3-12(9-14(10)18)21-16(23)13(15(22)20-17(21)24)8-11-4-6-19-7-5-11/h2-9H,1H3,(H,20,22,24)/b13-8+. The predicted molar refractivity (Wildman–Crippen MR) is 96.6 cm³/mol. The number of carbonyl (C=O) groups is 2. The van der Waals surface area contributed by atoms with Gasteiger partial charge in [0.25, 0.3) is 11.8 Å². The lowest BCUT2D eigenvalue weighted by Crippen LogP contribution is -2.54. The van der Waals surface area contributed by atoms with E-state index in [1.54, 1.807) is 42.7 Å². The molecule has 1 aliphatic rings. The van der Waals surface area contributed by atoms with E-state index in [1.807, 2.05) is 6.92 Å². The van der Waals surface area contributed by atoms with Crippen LogP contribution in [0.1, 0.15) is 11.1 Å². The Labute approximate surface area is 148 Å². The second kappa shape index (κ2) is 6.51. The van der Waals surface area contributed by atoms with Gasteiger partial charge in [0.1, 0.15) is 5.57 Å². The molecule has 1 aromatic carbocycles. The Hall–Kier alpha value is -2.57. The first-order valence-electron chi connectivity index (χ1n) is 7.05. The minimum Gasteiger partial charge on any atom is -0.298 e. The molecule has 0 radical (unpaired) electrons. The first kappa shape index (κ1) is 16.3. The van der Waals surface area contributed by atoms with Crippen molar-refractivity contribution in [1.82, 2.24) is 10.3 Å². The normalized spacial score (nSPS) is 16.5. The number of anilines is 1. The third-order valence-corrected chi connectivity index (χ3v) is 4.22. The predicted octanol–water partition coefficient (Wildman–Crippen LogP) is 2.87. The minimum absolute atomic E-state index is 0.00787. The lowest BCUT2D eigenvalue weighted by atomic mass is 10.1. The first-order chi connectivity index (χ1) is 11.5. The Balaban J connectivity index is 2.03. The van der Waals surface area contributed by atoms with Gasteiger partial charge in [0.15, 0.2) is 5.11 Å². The Morgan fingerprint density at radius 3 is 2.58 bits per heavy atom. The number of pyridine rings is 1. The van der Waals surface area contributed by atoms with Gasteiger partial charge in [-0.3, -0.25) is 24.8 Å². The minimum atomic E-state index is -0.531. The zero-order chi connectivity index (χ0) is 17.3. The van der Waals surface area contributed by atoms with Gasteiger partial charge in [-0.05, 0) is 60.6 Å². The van der Waals surface area contributed by atoms with E-state index in [9.17, 15) is 9.59 Å². The SMILES string of the molecule is Cc1ccc(N2C(=O)/C(=C/c3ccncc3)C(=O)NC2=S)cc1Cl. The van der Waals surface area contributed by atoms with E-state index in [2.05, 4.69) is 10.3 Å². The monoisotopic (exact) mass is 357 g/mol. The number of amides is 2. The fraction of sp³-hybridized carbons (Fsp3) is 0.0588. The number of hydrogen-bond donors (Lipinski definition) is 1. The van der Waals surface area contributed by atoms with Crippen LogP contribution in [0.4, 0.5) is 5.69 Å². The molecule has 3 rings (SSSR count). The maximum atomic E-state index is 12.8. The summed E-state index contributed by atoms with van der Waals surface area (Å²) in [4.78, 5) is 30.1. The third-order valence-electron chi connectivity index (χ3n) is 3.53. The molecule has 24 heavy (non-hydrogen) atoms. The quantitative estimate of drug-likeness (QED) is 0.510. The maximum absolute atomic E-state index is 12.8. The van der Waals surface area contributed by atoms with Crippen molar-refractivity contribution in [1.29, 1.82) is 0 Å². The van der Waals surface area contributed by atoms with Crippen LogP contribution in [0.25, 0.3) is 6.08 Å². The van der Waals surface area contributed by atoms with Gasteiger partial charge in [-0.2, -0.15) is 0 Å². The van der Waals surface area contributed by atoms with Crippen LogP contribution in [0.15, 0.2) is 48.3 Å². The number of hydrogen-bond acceptors (Lipinski definition) is 4. The van der Waals surface area contributed by atoms with Crippen LogP contribution < -0.4 is 10.2 Å². The molecule has 2 aromatic rings. The summed E-state index contributed by atoms with van der Waals surface area (Å²) in [5.41, 5.74) is 2.07. The number of benzene rings is 1. The molecule has 0 spiro atoms. The fourth-order valence-electron chi connectivity index (χ4n) is 2.24. The number of nitrogens with zero attached hydrogens (tertiary/aromatic N) is 2. The van der Waals surface area contributed by atoms with Crippen molar-refractivity contribution in [2.45, 2.75) is 6.92 Å². The Kier molecular flexibility index (Phi) is 4.42. The summed E-state index contributed by atoms with van der Waals surface area (Å²) >= 11 is 11.3. The zero-order valence-corrected chi connectivity index (χ0v) is 14.2. The molecule has 5 nitrogen and oxygen atoms in total. The molecule has 7 heteroatoms. The lowest BCUT2D eigenvalue weighted by molar-refractivity contribution is -0.122. The van der Waals surface area contributed by atoms with Crippen molar-refractivity contribution >= 4 is 52.5 Å². The number of thiocarbonyl (C=S) groups is 1. The smallest absolute Gasteiger partial charge is 0.270 e. The van der Waals surface area contributed by atoms with E-state index < -0.39 is 11.8 Å². The zero-order valence-electron chi connectivity index (χ0n) is 12.6. The van der Waals surface area contributed by atoms with E-state index in [4.69, 9.17) is 23.8 Å². The van der Waals surface area contributed by atoms with Crippen molar-refractivity contribution in [2.75, 3.05) is 4.90 Å².